The van der Waals surface area contributed by atoms with Crippen molar-refractivity contribution < 1.29 is 0 Å². The van der Waals surface area contributed by atoms with E-state index < -0.39 is 0 Å². The van der Waals surface area contributed by atoms with Gasteiger partial charge in [0.25, 0.3) is 0 Å². The second kappa shape index (κ2) is 6.54. The van der Waals surface area contributed by atoms with Gasteiger partial charge >= 0.3 is 0 Å². The fourth-order valence-corrected chi connectivity index (χ4v) is 4.82. The predicted molar refractivity (Wildman–Crippen MR) is 108 cm³/mol. The zero-order valence-corrected chi connectivity index (χ0v) is 16.5. The molecular formula is C18H17BrClN3S. The highest BCUT2D eigenvalue weighted by Crippen LogP contribution is 2.32. The summed E-state index contributed by atoms with van der Waals surface area (Å²) < 4.78 is 2.33. The molecule has 124 valence electrons. The van der Waals surface area contributed by atoms with Crippen LogP contribution in [0.2, 0.25) is 5.02 Å². The summed E-state index contributed by atoms with van der Waals surface area (Å²) in [6.45, 7) is 6.07. The Morgan fingerprint density at radius 2 is 1.79 bits per heavy atom. The Kier molecular flexibility index (Phi) is 4.41. The van der Waals surface area contributed by atoms with Gasteiger partial charge in [-0.2, -0.15) is 0 Å². The number of fused-ring (bicyclic) bond motifs is 1. The average molecular weight is 423 g/mol. The molecule has 1 aliphatic rings. The number of benzene rings is 2. The SMILES string of the molecule is Cc1ccc(Cl)cc1N1CCN(c2nc3ccc(Br)cc3s2)CC1. The third-order valence-corrected chi connectivity index (χ3v) is 6.21. The number of nitrogens with zero attached hydrogens (tertiary/aromatic N) is 3. The molecule has 0 unspecified atom stereocenters. The number of aryl methyl sites for hydroxylation is 1. The van der Waals surface area contributed by atoms with E-state index in [-0.39, 0.29) is 0 Å². The summed E-state index contributed by atoms with van der Waals surface area (Å²) in [5.41, 5.74) is 3.60. The minimum Gasteiger partial charge on any atom is -0.368 e. The van der Waals surface area contributed by atoms with Crippen molar-refractivity contribution in [3.05, 3.63) is 51.5 Å². The van der Waals surface area contributed by atoms with Crippen LogP contribution >= 0.6 is 38.9 Å². The van der Waals surface area contributed by atoms with E-state index >= 15 is 0 Å². The maximum Gasteiger partial charge on any atom is 0.186 e. The highest BCUT2D eigenvalue weighted by atomic mass is 79.9. The first-order chi connectivity index (χ1) is 11.6. The van der Waals surface area contributed by atoms with Crippen molar-refractivity contribution >= 4 is 59.9 Å². The molecule has 0 aliphatic carbocycles. The predicted octanol–water partition coefficient (Wildman–Crippen LogP) is 5.35. The molecule has 0 spiro atoms. The Labute approximate surface area is 159 Å². The van der Waals surface area contributed by atoms with Gasteiger partial charge in [0.2, 0.25) is 0 Å². The number of anilines is 2. The molecule has 1 fully saturated rings. The monoisotopic (exact) mass is 421 g/mol. The Hall–Kier alpha value is -1.30. The molecule has 3 nitrogen and oxygen atoms in total. The summed E-state index contributed by atoms with van der Waals surface area (Å²) in [6, 6.07) is 12.4. The molecule has 4 rings (SSSR count). The van der Waals surface area contributed by atoms with Crippen molar-refractivity contribution in [1.29, 1.82) is 0 Å². The maximum atomic E-state index is 6.17. The standard InChI is InChI=1S/C18H17BrClN3S/c1-12-2-4-14(20)11-16(12)22-6-8-23(9-7-22)18-21-15-5-3-13(19)10-17(15)24-18/h2-5,10-11H,6-9H2,1H3. The second-order valence-corrected chi connectivity index (χ2v) is 8.37. The fraction of sp³-hybridized carbons (Fsp3) is 0.278. The lowest BCUT2D eigenvalue weighted by Gasteiger charge is -2.36. The molecule has 2 aromatic carbocycles. The van der Waals surface area contributed by atoms with Crippen LogP contribution in [0.1, 0.15) is 5.56 Å². The second-order valence-electron chi connectivity index (χ2n) is 6.01. The number of thiazole rings is 1. The first-order valence-corrected chi connectivity index (χ1v) is 9.91. The first kappa shape index (κ1) is 16.2. The van der Waals surface area contributed by atoms with Crippen LogP contribution in [0.3, 0.4) is 0 Å². The lowest BCUT2D eigenvalue weighted by atomic mass is 10.1. The molecule has 0 bridgehead atoms. The molecule has 0 radical (unpaired) electrons. The fourth-order valence-electron chi connectivity index (χ4n) is 3.08. The van der Waals surface area contributed by atoms with Crippen molar-refractivity contribution in [1.82, 2.24) is 4.98 Å². The highest BCUT2D eigenvalue weighted by Gasteiger charge is 2.21. The minimum atomic E-state index is 0.801. The highest BCUT2D eigenvalue weighted by molar-refractivity contribution is 9.10. The van der Waals surface area contributed by atoms with Gasteiger partial charge in [0, 0.05) is 41.4 Å². The smallest absolute Gasteiger partial charge is 0.186 e. The molecule has 0 saturated carbocycles. The van der Waals surface area contributed by atoms with Crippen LogP contribution in [-0.2, 0) is 0 Å². The van der Waals surface area contributed by atoms with Crippen LogP contribution in [0.4, 0.5) is 10.8 Å². The van der Waals surface area contributed by atoms with Crippen molar-refractivity contribution in [3.8, 4) is 0 Å². The van der Waals surface area contributed by atoms with E-state index in [1.165, 1.54) is 16.0 Å². The number of halogens is 2. The Bertz CT molecular complexity index is 887. The Morgan fingerprint density at radius 3 is 2.58 bits per heavy atom. The van der Waals surface area contributed by atoms with Gasteiger partial charge in [-0.15, -0.1) is 0 Å². The molecule has 1 aromatic heterocycles. The molecule has 2 heterocycles. The molecule has 1 saturated heterocycles. The van der Waals surface area contributed by atoms with Gasteiger partial charge < -0.3 is 9.80 Å². The van der Waals surface area contributed by atoms with Gasteiger partial charge in [0.05, 0.1) is 10.2 Å². The molecule has 3 aromatic rings. The van der Waals surface area contributed by atoms with Gasteiger partial charge in [0.15, 0.2) is 5.13 Å². The Morgan fingerprint density at radius 1 is 1.04 bits per heavy atom. The molecule has 24 heavy (non-hydrogen) atoms. The van der Waals surface area contributed by atoms with Crippen LogP contribution in [0.25, 0.3) is 10.2 Å². The van der Waals surface area contributed by atoms with Crippen molar-refractivity contribution in [2.75, 3.05) is 36.0 Å². The third kappa shape index (κ3) is 3.13. The normalized spacial score (nSPS) is 15.3. The maximum absolute atomic E-state index is 6.17. The van der Waals surface area contributed by atoms with Gasteiger partial charge in [-0.1, -0.05) is 44.9 Å². The topological polar surface area (TPSA) is 19.4 Å². The number of hydrogen-bond acceptors (Lipinski definition) is 4. The van der Waals surface area contributed by atoms with Crippen LogP contribution in [0, 0.1) is 6.92 Å². The molecule has 1 aliphatic heterocycles. The van der Waals surface area contributed by atoms with Crippen LogP contribution in [0.5, 0.6) is 0 Å². The molecule has 0 atom stereocenters. The van der Waals surface area contributed by atoms with E-state index in [9.17, 15) is 0 Å². The molecule has 0 amide bonds. The number of piperazine rings is 1. The average Bonchev–Trinajstić information content (AvgIpc) is 3.00. The van der Waals surface area contributed by atoms with E-state index in [1.54, 1.807) is 11.3 Å². The van der Waals surface area contributed by atoms with E-state index in [0.717, 1.165) is 46.3 Å². The summed E-state index contributed by atoms with van der Waals surface area (Å²) in [7, 11) is 0. The van der Waals surface area contributed by atoms with E-state index in [1.807, 2.05) is 12.1 Å². The van der Waals surface area contributed by atoms with E-state index in [2.05, 4.69) is 56.9 Å². The summed E-state index contributed by atoms with van der Waals surface area (Å²) in [5, 5.41) is 1.92. The zero-order valence-electron chi connectivity index (χ0n) is 13.3. The summed E-state index contributed by atoms with van der Waals surface area (Å²) in [4.78, 5) is 9.59. The summed E-state index contributed by atoms with van der Waals surface area (Å²) >= 11 is 11.5. The van der Waals surface area contributed by atoms with Gasteiger partial charge in [0.1, 0.15) is 0 Å². The van der Waals surface area contributed by atoms with Crippen LogP contribution in [0.15, 0.2) is 40.9 Å². The van der Waals surface area contributed by atoms with Crippen molar-refractivity contribution in [2.24, 2.45) is 0 Å². The third-order valence-electron chi connectivity index (χ3n) is 4.40. The van der Waals surface area contributed by atoms with Crippen molar-refractivity contribution in [3.63, 3.8) is 0 Å². The molecule has 6 heteroatoms. The molecular weight excluding hydrogens is 406 g/mol. The lowest BCUT2D eigenvalue weighted by molar-refractivity contribution is 0.651. The quantitative estimate of drug-likeness (QED) is 0.555. The summed E-state index contributed by atoms with van der Waals surface area (Å²) in [5.74, 6) is 0. The van der Waals surface area contributed by atoms with E-state index in [0.29, 0.717) is 0 Å². The summed E-state index contributed by atoms with van der Waals surface area (Å²) in [6.07, 6.45) is 0. The number of aromatic nitrogens is 1. The van der Waals surface area contributed by atoms with E-state index in [4.69, 9.17) is 16.6 Å². The lowest BCUT2D eigenvalue weighted by Crippen LogP contribution is -2.46. The zero-order chi connectivity index (χ0) is 16.7. The number of rotatable bonds is 2. The largest absolute Gasteiger partial charge is 0.368 e. The van der Waals surface area contributed by atoms with Gasteiger partial charge in [-0.3, -0.25) is 0 Å². The Balaban J connectivity index is 1.51. The minimum absolute atomic E-state index is 0.801. The number of hydrogen-bond donors (Lipinski definition) is 0. The van der Waals surface area contributed by atoms with Crippen LogP contribution in [-0.4, -0.2) is 31.2 Å². The van der Waals surface area contributed by atoms with Crippen molar-refractivity contribution in [2.45, 2.75) is 6.92 Å². The first-order valence-electron chi connectivity index (χ1n) is 7.92. The van der Waals surface area contributed by atoms with Crippen LogP contribution < -0.4 is 9.80 Å². The van der Waals surface area contributed by atoms with Gasteiger partial charge in [-0.05, 0) is 42.8 Å². The van der Waals surface area contributed by atoms with Gasteiger partial charge in [-0.25, -0.2) is 4.98 Å². The molecule has 0 N–H and O–H groups in total.